The number of carbonyl (C=O) groups excluding carboxylic acids is 2. The highest BCUT2D eigenvalue weighted by Gasteiger charge is 2.38. The van der Waals surface area contributed by atoms with Gasteiger partial charge in [0.05, 0.1) is 0 Å². The molecule has 0 spiro atoms. The minimum Gasteiger partial charge on any atom is -0.285 e. The van der Waals surface area contributed by atoms with Crippen LogP contribution in [0.15, 0.2) is 12.2 Å². The van der Waals surface area contributed by atoms with Gasteiger partial charge in [0.15, 0.2) is 0 Å². The third kappa shape index (κ3) is 1.28. The lowest BCUT2D eigenvalue weighted by Crippen LogP contribution is -2.46. The SMILES string of the molecule is CN1C(=O)C2CC=CCC(C2)C1=O. The quantitative estimate of drug-likeness (QED) is 0.410. The summed E-state index contributed by atoms with van der Waals surface area (Å²) in [6.45, 7) is 0. The fourth-order valence-corrected chi connectivity index (χ4v) is 2.12. The van der Waals surface area contributed by atoms with Gasteiger partial charge in [0.25, 0.3) is 0 Å². The van der Waals surface area contributed by atoms with Crippen LogP contribution in [0.1, 0.15) is 19.3 Å². The van der Waals surface area contributed by atoms with Crippen LogP contribution in [0.3, 0.4) is 0 Å². The maximum atomic E-state index is 11.6. The highest BCUT2D eigenvalue weighted by Crippen LogP contribution is 2.30. The number of hydrogen-bond acceptors (Lipinski definition) is 2. The molecule has 70 valence electrons. The van der Waals surface area contributed by atoms with Gasteiger partial charge < -0.3 is 0 Å². The third-order valence-electron chi connectivity index (χ3n) is 2.94. The molecule has 2 unspecified atom stereocenters. The lowest BCUT2D eigenvalue weighted by molar-refractivity contribution is -0.153. The van der Waals surface area contributed by atoms with Gasteiger partial charge in [0, 0.05) is 18.9 Å². The molecule has 0 aromatic carbocycles. The van der Waals surface area contributed by atoms with E-state index in [1.807, 2.05) is 12.2 Å². The van der Waals surface area contributed by atoms with E-state index in [2.05, 4.69) is 0 Å². The van der Waals surface area contributed by atoms with Crippen LogP contribution in [0.2, 0.25) is 0 Å². The van der Waals surface area contributed by atoms with E-state index < -0.39 is 0 Å². The summed E-state index contributed by atoms with van der Waals surface area (Å²) >= 11 is 0. The first-order chi connectivity index (χ1) is 6.20. The Hall–Kier alpha value is -1.12. The number of imide groups is 1. The van der Waals surface area contributed by atoms with Crippen molar-refractivity contribution in [2.24, 2.45) is 11.8 Å². The molecule has 1 saturated heterocycles. The summed E-state index contributed by atoms with van der Waals surface area (Å²) in [5.41, 5.74) is 0. The van der Waals surface area contributed by atoms with E-state index in [4.69, 9.17) is 0 Å². The topological polar surface area (TPSA) is 37.4 Å². The van der Waals surface area contributed by atoms with Gasteiger partial charge in [-0.3, -0.25) is 14.5 Å². The van der Waals surface area contributed by atoms with Gasteiger partial charge in [0.2, 0.25) is 11.8 Å². The van der Waals surface area contributed by atoms with Crippen molar-refractivity contribution < 1.29 is 9.59 Å². The number of fused-ring (bicyclic) bond motifs is 2. The molecule has 2 atom stereocenters. The van der Waals surface area contributed by atoms with Crippen LogP contribution in [0, 0.1) is 11.8 Å². The molecule has 2 bridgehead atoms. The average Bonchev–Trinajstić information content (AvgIpc) is 2.36. The van der Waals surface area contributed by atoms with Crippen molar-refractivity contribution >= 4 is 11.8 Å². The molecule has 0 aromatic rings. The largest absolute Gasteiger partial charge is 0.285 e. The molecule has 0 radical (unpaired) electrons. The molecule has 2 aliphatic rings. The van der Waals surface area contributed by atoms with E-state index in [1.165, 1.54) is 4.90 Å². The van der Waals surface area contributed by atoms with Crippen molar-refractivity contribution in [3.63, 3.8) is 0 Å². The number of nitrogens with zero attached hydrogens (tertiary/aromatic N) is 1. The zero-order chi connectivity index (χ0) is 9.42. The second-order valence-electron chi connectivity index (χ2n) is 3.81. The van der Waals surface area contributed by atoms with Gasteiger partial charge >= 0.3 is 0 Å². The van der Waals surface area contributed by atoms with Crippen LogP contribution in [0.5, 0.6) is 0 Å². The monoisotopic (exact) mass is 179 g/mol. The lowest BCUT2D eigenvalue weighted by Gasteiger charge is -2.31. The molecule has 1 aliphatic carbocycles. The maximum absolute atomic E-state index is 11.6. The van der Waals surface area contributed by atoms with Gasteiger partial charge in [-0.1, -0.05) is 12.2 Å². The number of amides is 2. The summed E-state index contributed by atoms with van der Waals surface area (Å²) in [5, 5.41) is 0. The van der Waals surface area contributed by atoms with Crippen molar-refractivity contribution in [1.29, 1.82) is 0 Å². The van der Waals surface area contributed by atoms with Crippen molar-refractivity contribution in [2.45, 2.75) is 19.3 Å². The molecule has 1 fully saturated rings. The zero-order valence-electron chi connectivity index (χ0n) is 7.69. The Morgan fingerprint density at radius 1 is 1.15 bits per heavy atom. The van der Waals surface area contributed by atoms with Crippen molar-refractivity contribution in [1.82, 2.24) is 4.90 Å². The van der Waals surface area contributed by atoms with Crippen LogP contribution in [-0.2, 0) is 9.59 Å². The Labute approximate surface area is 77.4 Å². The normalized spacial score (nSPS) is 33.5. The Morgan fingerprint density at radius 3 is 2.08 bits per heavy atom. The number of likely N-dealkylation sites (tertiary alicyclic amines) is 1. The van der Waals surface area contributed by atoms with Crippen LogP contribution in [0.25, 0.3) is 0 Å². The molecule has 1 aliphatic heterocycles. The minimum absolute atomic E-state index is 0.00667. The van der Waals surface area contributed by atoms with Crippen LogP contribution in [0.4, 0.5) is 0 Å². The fraction of sp³-hybridized carbons (Fsp3) is 0.600. The first-order valence-corrected chi connectivity index (χ1v) is 4.66. The summed E-state index contributed by atoms with van der Waals surface area (Å²) in [6, 6.07) is 0. The summed E-state index contributed by atoms with van der Waals surface area (Å²) < 4.78 is 0. The number of carbonyl (C=O) groups is 2. The van der Waals surface area contributed by atoms with E-state index in [9.17, 15) is 9.59 Å². The standard InChI is InChI=1S/C10H13NO2/c1-11-9(12)7-4-2-3-5-8(6-7)10(11)13/h2-3,7-8H,4-6H2,1H3. The summed E-state index contributed by atoms with van der Waals surface area (Å²) in [5.74, 6) is 0.0819. The second kappa shape index (κ2) is 2.98. The smallest absolute Gasteiger partial charge is 0.232 e. The fourth-order valence-electron chi connectivity index (χ4n) is 2.12. The van der Waals surface area contributed by atoms with Gasteiger partial charge in [-0.05, 0) is 19.3 Å². The number of piperidine rings is 1. The highest BCUT2D eigenvalue weighted by molar-refractivity contribution is 5.99. The summed E-state index contributed by atoms with van der Waals surface area (Å²) in [6.07, 6.45) is 6.39. The molecule has 13 heavy (non-hydrogen) atoms. The van der Waals surface area contributed by atoms with E-state index in [0.717, 1.165) is 19.3 Å². The predicted molar refractivity (Wildman–Crippen MR) is 47.7 cm³/mol. The minimum atomic E-state index is -0.00667. The Bertz CT molecular complexity index is 257. The van der Waals surface area contributed by atoms with Crippen molar-refractivity contribution in [3.8, 4) is 0 Å². The van der Waals surface area contributed by atoms with Crippen LogP contribution >= 0.6 is 0 Å². The van der Waals surface area contributed by atoms with Gasteiger partial charge in [-0.15, -0.1) is 0 Å². The van der Waals surface area contributed by atoms with E-state index in [0.29, 0.717) is 0 Å². The molecule has 0 aromatic heterocycles. The average molecular weight is 179 g/mol. The number of hydrogen-bond donors (Lipinski definition) is 0. The molecule has 1 heterocycles. The lowest BCUT2D eigenvalue weighted by atomic mass is 9.87. The summed E-state index contributed by atoms with van der Waals surface area (Å²) in [7, 11) is 1.59. The van der Waals surface area contributed by atoms with Crippen molar-refractivity contribution in [3.05, 3.63) is 12.2 Å². The zero-order valence-corrected chi connectivity index (χ0v) is 7.69. The predicted octanol–water partition coefficient (Wildman–Crippen LogP) is 0.958. The Balaban J connectivity index is 2.28. The third-order valence-corrected chi connectivity index (χ3v) is 2.94. The molecule has 3 nitrogen and oxygen atoms in total. The van der Waals surface area contributed by atoms with Gasteiger partial charge in [-0.25, -0.2) is 0 Å². The molecular formula is C10H13NO2. The summed E-state index contributed by atoms with van der Waals surface area (Å²) in [4.78, 5) is 24.4. The van der Waals surface area contributed by atoms with Crippen LogP contribution < -0.4 is 0 Å². The number of allylic oxidation sites excluding steroid dienone is 2. The second-order valence-corrected chi connectivity index (χ2v) is 3.81. The molecule has 2 amide bonds. The molecule has 2 rings (SSSR count). The van der Waals surface area contributed by atoms with E-state index in [1.54, 1.807) is 7.05 Å². The molecular weight excluding hydrogens is 166 g/mol. The van der Waals surface area contributed by atoms with E-state index in [-0.39, 0.29) is 23.7 Å². The van der Waals surface area contributed by atoms with Crippen LogP contribution in [-0.4, -0.2) is 23.8 Å². The first-order valence-electron chi connectivity index (χ1n) is 4.66. The Kier molecular flexibility index (Phi) is 1.94. The highest BCUT2D eigenvalue weighted by atomic mass is 16.2. The van der Waals surface area contributed by atoms with E-state index >= 15 is 0 Å². The Morgan fingerprint density at radius 2 is 1.62 bits per heavy atom. The maximum Gasteiger partial charge on any atom is 0.232 e. The first kappa shape index (κ1) is 8.48. The van der Waals surface area contributed by atoms with Gasteiger partial charge in [0.1, 0.15) is 0 Å². The van der Waals surface area contributed by atoms with Gasteiger partial charge in [-0.2, -0.15) is 0 Å². The molecule has 3 heteroatoms. The molecule has 0 saturated carbocycles. The number of rotatable bonds is 0. The van der Waals surface area contributed by atoms with Crippen molar-refractivity contribution in [2.75, 3.05) is 7.05 Å². The molecule has 0 N–H and O–H groups in total.